The summed E-state index contributed by atoms with van der Waals surface area (Å²) in [4.78, 5) is 0. The van der Waals surface area contributed by atoms with Gasteiger partial charge in [0.15, 0.2) is 0 Å². The van der Waals surface area contributed by atoms with Crippen LogP contribution in [0, 0.1) is 5.92 Å². The third-order valence-corrected chi connectivity index (χ3v) is 3.82. The number of rotatable bonds is 6. The Morgan fingerprint density at radius 2 is 2.07 bits per heavy atom. The molecule has 1 rings (SSSR count). The summed E-state index contributed by atoms with van der Waals surface area (Å²) in [6.07, 6.45) is 4.66. The molecule has 90 valence electrons. The topological polar surface area (TPSA) is 21.3 Å². The summed E-state index contributed by atoms with van der Waals surface area (Å²) in [5, 5.41) is 3.66. The fraction of sp³-hybridized carbons (Fsp3) is 1.00. The molecule has 1 unspecified atom stereocenters. The van der Waals surface area contributed by atoms with Crippen molar-refractivity contribution in [2.45, 2.75) is 45.1 Å². The highest BCUT2D eigenvalue weighted by Gasteiger charge is 2.31. The molecular formula is C12H24ClNO. The first kappa shape index (κ1) is 13.3. The van der Waals surface area contributed by atoms with Crippen molar-refractivity contribution in [3.8, 4) is 0 Å². The lowest BCUT2D eigenvalue weighted by Gasteiger charge is -2.37. The van der Waals surface area contributed by atoms with Gasteiger partial charge in [-0.25, -0.2) is 0 Å². The van der Waals surface area contributed by atoms with Gasteiger partial charge in [0.2, 0.25) is 0 Å². The van der Waals surface area contributed by atoms with Crippen molar-refractivity contribution in [2.24, 2.45) is 5.92 Å². The standard InChI is InChI=1S/C12H24ClNO/c1-3-4-11(2)9-14-12(10-13)5-7-15-8-6-12/h11,14H,3-10H2,1-2H3. The Morgan fingerprint density at radius 3 is 2.60 bits per heavy atom. The molecule has 3 heteroatoms. The average Bonchev–Trinajstić information content (AvgIpc) is 2.28. The lowest BCUT2D eigenvalue weighted by Crippen LogP contribution is -2.52. The number of hydrogen-bond donors (Lipinski definition) is 1. The molecule has 0 spiro atoms. The van der Waals surface area contributed by atoms with Gasteiger partial charge in [-0.15, -0.1) is 11.6 Å². The van der Waals surface area contributed by atoms with Crippen LogP contribution in [0.25, 0.3) is 0 Å². The molecule has 1 atom stereocenters. The molecule has 1 aliphatic rings. The zero-order chi connectivity index (χ0) is 11.1. The predicted molar refractivity (Wildman–Crippen MR) is 65.6 cm³/mol. The molecule has 2 nitrogen and oxygen atoms in total. The van der Waals surface area contributed by atoms with Crippen LogP contribution in [-0.4, -0.2) is 31.2 Å². The van der Waals surface area contributed by atoms with Gasteiger partial charge in [-0.3, -0.25) is 0 Å². The molecule has 0 aliphatic carbocycles. The second-order valence-electron chi connectivity index (χ2n) is 4.80. The molecule has 0 aromatic heterocycles. The summed E-state index contributed by atoms with van der Waals surface area (Å²) in [7, 11) is 0. The number of halogens is 1. The Balaban J connectivity index is 2.32. The lowest BCUT2D eigenvalue weighted by molar-refractivity contribution is 0.0451. The van der Waals surface area contributed by atoms with E-state index in [1.54, 1.807) is 0 Å². The van der Waals surface area contributed by atoms with E-state index >= 15 is 0 Å². The third-order valence-electron chi connectivity index (χ3n) is 3.31. The van der Waals surface area contributed by atoms with Gasteiger partial charge >= 0.3 is 0 Å². The van der Waals surface area contributed by atoms with E-state index in [9.17, 15) is 0 Å². The number of hydrogen-bond acceptors (Lipinski definition) is 2. The van der Waals surface area contributed by atoms with Gasteiger partial charge in [-0.2, -0.15) is 0 Å². The van der Waals surface area contributed by atoms with Crippen LogP contribution in [0.15, 0.2) is 0 Å². The van der Waals surface area contributed by atoms with Crippen molar-refractivity contribution < 1.29 is 4.74 Å². The fourth-order valence-electron chi connectivity index (χ4n) is 2.11. The van der Waals surface area contributed by atoms with E-state index in [0.717, 1.165) is 38.5 Å². The fourth-order valence-corrected chi connectivity index (χ4v) is 2.47. The van der Waals surface area contributed by atoms with E-state index in [-0.39, 0.29) is 5.54 Å². The Hall–Kier alpha value is 0.210. The molecule has 1 N–H and O–H groups in total. The summed E-state index contributed by atoms with van der Waals surface area (Å²) in [6, 6.07) is 0. The minimum atomic E-state index is 0.141. The van der Waals surface area contributed by atoms with E-state index in [0.29, 0.717) is 5.88 Å². The molecular weight excluding hydrogens is 210 g/mol. The molecule has 0 aromatic carbocycles. The largest absolute Gasteiger partial charge is 0.381 e. The van der Waals surface area contributed by atoms with Crippen LogP contribution in [0.5, 0.6) is 0 Å². The minimum Gasteiger partial charge on any atom is -0.381 e. The summed E-state index contributed by atoms with van der Waals surface area (Å²) < 4.78 is 5.38. The molecule has 1 heterocycles. The molecule has 0 amide bonds. The quantitative estimate of drug-likeness (QED) is 0.713. The highest BCUT2D eigenvalue weighted by Crippen LogP contribution is 2.22. The number of alkyl halides is 1. The lowest BCUT2D eigenvalue weighted by atomic mass is 9.91. The molecule has 15 heavy (non-hydrogen) atoms. The molecule has 0 aromatic rings. The van der Waals surface area contributed by atoms with Crippen LogP contribution < -0.4 is 5.32 Å². The Labute approximate surface area is 98.7 Å². The van der Waals surface area contributed by atoms with Crippen molar-refractivity contribution >= 4 is 11.6 Å². The van der Waals surface area contributed by atoms with Gasteiger partial charge in [0.1, 0.15) is 0 Å². The van der Waals surface area contributed by atoms with Crippen LogP contribution in [0.1, 0.15) is 39.5 Å². The summed E-state index contributed by atoms with van der Waals surface area (Å²) in [6.45, 7) is 7.32. The summed E-state index contributed by atoms with van der Waals surface area (Å²) >= 11 is 6.08. The number of nitrogens with one attached hydrogen (secondary N) is 1. The van der Waals surface area contributed by atoms with Crippen LogP contribution in [0.4, 0.5) is 0 Å². The smallest absolute Gasteiger partial charge is 0.0484 e. The third kappa shape index (κ3) is 4.29. The van der Waals surface area contributed by atoms with Crippen molar-refractivity contribution in [2.75, 3.05) is 25.6 Å². The van der Waals surface area contributed by atoms with Gasteiger partial charge in [0.05, 0.1) is 0 Å². The first-order valence-corrected chi connectivity index (χ1v) is 6.64. The second kappa shape index (κ2) is 6.72. The number of ether oxygens (including phenoxy) is 1. The maximum atomic E-state index is 6.08. The van der Waals surface area contributed by atoms with Crippen molar-refractivity contribution in [1.29, 1.82) is 0 Å². The molecule has 1 saturated heterocycles. The highest BCUT2D eigenvalue weighted by atomic mass is 35.5. The van der Waals surface area contributed by atoms with Gasteiger partial charge < -0.3 is 10.1 Å². The van der Waals surface area contributed by atoms with E-state index in [2.05, 4.69) is 19.2 Å². The molecule has 1 fully saturated rings. The first-order valence-electron chi connectivity index (χ1n) is 6.11. The van der Waals surface area contributed by atoms with Crippen molar-refractivity contribution in [1.82, 2.24) is 5.32 Å². The normalized spacial score (nSPS) is 22.6. The van der Waals surface area contributed by atoms with Crippen LogP contribution in [-0.2, 0) is 4.74 Å². The second-order valence-corrected chi connectivity index (χ2v) is 5.07. The summed E-state index contributed by atoms with van der Waals surface area (Å²) in [5.74, 6) is 1.45. The molecule has 0 bridgehead atoms. The minimum absolute atomic E-state index is 0.141. The zero-order valence-electron chi connectivity index (χ0n) is 10.0. The van der Waals surface area contributed by atoms with E-state index < -0.39 is 0 Å². The molecule has 0 saturated carbocycles. The van der Waals surface area contributed by atoms with Gasteiger partial charge in [-0.1, -0.05) is 20.3 Å². The van der Waals surface area contributed by atoms with Gasteiger partial charge in [0.25, 0.3) is 0 Å². The van der Waals surface area contributed by atoms with Gasteiger partial charge in [0, 0.05) is 24.6 Å². The van der Waals surface area contributed by atoms with E-state index in [1.165, 1.54) is 12.8 Å². The van der Waals surface area contributed by atoms with Crippen LogP contribution in [0.3, 0.4) is 0 Å². The van der Waals surface area contributed by atoms with E-state index in [1.807, 2.05) is 0 Å². The Kier molecular flexibility index (Phi) is 5.95. The maximum Gasteiger partial charge on any atom is 0.0484 e. The van der Waals surface area contributed by atoms with Gasteiger partial charge in [-0.05, 0) is 31.7 Å². The van der Waals surface area contributed by atoms with E-state index in [4.69, 9.17) is 16.3 Å². The SMILES string of the molecule is CCCC(C)CNC1(CCl)CCOCC1. The van der Waals surface area contributed by atoms with Crippen LogP contribution in [0.2, 0.25) is 0 Å². The van der Waals surface area contributed by atoms with Crippen molar-refractivity contribution in [3.05, 3.63) is 0 Å². The first-order chi connectivity index (χ1) is 7.22. The maximum absolute atomic E-state index is 6.08. The molecule has 1 aliphatic heterocycles. The predicted octanol–water partition coefficient (Wildman–Crippen LogP) is 2.80. The Bertz CT molecular complexity index is 169. The Morgan fingerprint density at radius 1 is 1.40 bits per heavy atom. The monoisotopic (exact) mass is 233 g/mol. The molecule has 0 radical (unpaired) electrons. The average molecular weight is 234 g/mol. The van der Waals surface area contributed by atoms with Crippen molar-refractivity contribution in [3.63, 3.8) is 0 Å². The highest BCUT2D eigenvalue weighted by molar-refractivity contribution is 6.18. The zero-order valence-corrected chi connectivity index (χ0v) is 10.8. The van der Waals surface area contributed by atoms with Crippen LogP contribution >= 0.6 is 11.6 Å². The summed E-state index contributed by atoms with van der Waals surface area (Å²) in [5.41, 5.74) is 0.141.